The molecule has 0 amide bonds. The highest BCUT2D eigenvalue weighted by atomic mass is 16.5. The molecule has 0 heterocycles. The van der Waals surface area contributed by atoms with Gasteiger partial charge in [-0.25, -0.2) is 4.79 Å². The van der Waals surface area contributed by atoms with Crippen molar-refractivity contribution in [1.82, 2.24) is 0 Å². The van der Waals surface area contributed by atoms with Crippen LogP contribution in [0.25, 0.3) is 0 Å². The van der Waals surface area contributed by atoms with Crippen LogP contribution in [0.3, 0.4) is 0 Å². The third-order valence-corrected chi connectivity index (χ3v) is 0.928. The van der Waals surface area contributed by atoms with E-state index in [0.717, 1.165) is 12.2 Å². The van der Waals surface area contributed by atoms with Gasteiger partial charge in [-0.15, -0.1) is 0 Å². The molecule has 0 bridgehead atoms. The zero-order valence-electron chi connectivity index (χ0n) is 7.52. The Bertz CT molecular complexity index is 238. The molecule has 0 N–H and O–H groups in total. The van der Waals surface area contributed by atoms with Gasteiger partial charge in [0.2, 0.25) is 0 Å². The minimum Gasteiger partial charge on any atom is -0.545 e. The molecule has 0 atom stereocenters. The number of ether oxygens (including phenoxy) is 1. The summed E-state index contributed by atoms with van der Waals surface area (Å²) in [6.07, 6.45) is 4.25. The summed E-state index contributed by atoms with van der Waals surface area (Å²) in [4.78, 5) is 20.7. The average Bonchev–Trinajstić information content (AvgIpc) is 1.96. The molecule has 72 valence electrons. The molecule has 0 aliphatic carbocycles. The molecule has 4 heteroatoms. The SMILES string of the molecule is CC(C)OC(=O)C=CC=CC(=O)[O-]. The Morgan fingerprint density at radius 3 is 2.23 bits per heavy atom. The van der Waals surface area contributed by atoms with Crippen LogP contribution in [0.15, 0.2) is 24.3 Å². The van der Waals surface area contributed by atoms with Crippen LogP contribution in [-0.2, 0) is 14.3 Å². The molecule has 0 radical (unpaired) electrons. The highest BCUT2D eigenvalue weighted by molar-refractivity contribution is 5.83. The van der Waals surface area contributed by atoms with E-state index in [4.69, 9.17) is 4.74 Å². The van der Waals surface area contributed by atoms with Gasteiger partial charge in [-0.2, -0.15) is 0 Å². The first-order chi connectivity index (χ1) is 6.02. The maximum atomic E-state index is 10.8. The molecule has 4 nitrogen and oxygen atoms in total. The Kier molecular flexibility index (Phi) is 5.27. The van der Waals surface area contributed by atoms with E-state index >= 15 is 0 Å². The van der Waals surface area contributed by atoms with Gasteiger partial charge in [-0.05, 0) is 19.9 Å². The molecule has 0 aliphatic rings. The summed E-state index contributed by atoms with van der Waals surface area (Å²) in [6.45, 7) is 3.45. The van der Waals surface area contributed by atoms with Crippen molar-refractivity contribution >= 4 is 11.9 Å². The molecule has 0 fully saturated rings. The number of aliphatic carboxylic acids is 1. The lowest BCUT2D eigenvalue weighted by Gasteiger charge is -2.03. The van der Waals surface area contributed by atoms with Crippen LogP contribution >= 0.6 is 0 Å². The van der Waals surface area contributed by atoms with Gasteiger partial charge in [0.15, 0.2) is 0 Å². The molecule has 0 rings (SSSR count). The van der Waals surface area contributed by atoms with Gasteiger partial charge < -0.3 is 14.6 Å². The zero-order valence-corrected chi connectivity index (χ0v) is 7.52. The van der Waals surface area contributed by atoms with Crippen molar-refractivity contribution in [3.8, 4) is 0 Å². The van der Waals surface area contributed by atoms with Crippen molar-refractivity contribution in [2.45, 2.75) is 20.0 Å². The lowest BCUT2D eigenvalue weighted by atomic mass is 10.4. The van der Waals surface area contributed by atoms with Crippen LogP contribution in [0.2, 0.25) is 0 Å². The van der Waals surface area contributed by atoms with Crippen LogP contribution in [0.5, 0.6) is 0 Å². The number of carbonyl (C=O) groups excluding carboxylic acids is 2. The number of hydrogen-bond donors (Lipinski definition) is 0. The topological polar surface area (TPSA) is 66.4 Å². The summed E-state index contributed by atoms with van der Waals surface area (Å²) in [5, 5.41) is 9.87. The molecule has 0 saturated carbocycles. The number of carboxylic acid groups (broad SMARTS) is 1. The fourth-order valence-corrected chi connectivity index (χ4v) is 0.540. The quantitative estimate of drug-likeness (QED) is 0.344. The maximum absolute atomic E-state index is 10.8. The fraction of sp³-hybridized carbons (Fsp3) is 0.333. The zero-order chi connectivity index (χ0) is 10.3. The molecule has 0 aromatic rings. The van der Waals surface area contributed by atoms with E-state index < -0.39 is 11.9 Å². The summed E-state index contributed by atoms with van der Waals surface area (Å²) in [7, 11) is 0. The smallest absolute Gasteiger partial charge is 0.330 e. The summed E-state index contributed by atoms with van der Waals surface area (Å²) >= 11 is 0. The summed E-state index contributed by atoms with van der Waals surface area (Å²) < 4.78 is 4.73. The third kappa shape index (κ3) is 8.33. The monoisotopic (exact) mass is 183 g/mol. The number of rotatable bonds is 4. The molecule has 0 aliphatic heterocycles. The average molecular weight is 183 g/mol. The first kappa shape index (κ1) is 11.4. The van der Waals surface area contributed by atoms with Crippen LogP contribution in [-0.4, -0.2) is 18.0 Å². The number of allylic oxidation sites excluding steroid dienone is 2. The van der Waals surface area contributed by atoms with Gasteiger partial charge in [-0.3, -0.25) is 0 Å². The molecular weight excluding hydrogens is 172 g/mol. The maximum Gasteiger partial charge on any atom is 0.330 e. The van der Waals surface area contributed by atoms with Gasteiger partial charge in [0, 0.05) is 6.08 Å². The minimum absolute atomic E-state index is 0.178. The Morgan fingerprint density at radius 2 is 1.77 bits per heavy atom. The van der Waals surface area contributed by atoms with Crippen LogP contribution in [0.1, 0.15) is 13.8 Å². The normalized spacial score (nSPS) is 11.3. The molecular formula is C9H11O4-. The minimum atomic E-state index is -1.30. The number of hydrogen-bond acceptors (Lipinski definition) is 4. The molecule has 0 spiro atoms. The van der Waals surface area contributed by atoms with Gasteiger partial charge in [0.25, 0.3) is 0 Å². The van der Waals surface area contributed by atoms with Crippen molar-refractivity contribution in [1.29, 1.82) is 0 Å². The fourth-order valence-electron chi connectivity index (χ4n) is 0.540. The van der Waals surface area contributed by atoms with E-state index in [1.165, 1.54) is 12.2 Å². The van der Waals surface area contributed by atoms with E-state index in [1.54, 1.807) is 13.8 Å². The number of esters is 1. The van der Waals surface area contributed by atoms with Gasteiger partial charge in [0.05, 0.1) is 12.1 Å². The predicted octanol–water partition coefficient (Wildman–Crippen LogP) is -0.200. The van der Waals surface area contributed by atoms with Gasteiger partial charge in [0.1, 0.15) is 0 Å². The largest absolute Gasteiger partial charge is 0.545 e. The molecule has 0 unspecified atom stereocenters. The Labute approximate surface area is 76.5 Å². The lowest BCUT2D eigenvalue weighted by molar-refractivity contribution is -0.297. The van der Waals surface area contributed by atoms with Crippen molar-refractivity contribution < 1.29 is 19.4 Å². The van der Waals surface area contributed by atoms with Crippen molar-refractivity contribution in [2.75, 3.05) is 0 Å². The third-order valence-electron chi connectivity index (χ3n) is 0.928. The van der Waals surface area contributed by atoms with Gasteiger partial charge >= 0.3 is 5.97 Å². The van der Waals surface area contributed by atoms with E-state index in [0.29, 0.717) is 0 Å². The molecule has 13 heavy (non-hydrogen) atoms. The number of carboxylic acids is 1. The van der Waals surface area contributed by atoms with Crippen LogP contribution in [0, 0.1) is 0 Å². The van der Waals surface area contributed by atoms with Crippen molar-refractivity contribution in [3.05, 3.63) is 24.3 Å². The van der Waals surface area contributed by atoms with Crippen LogP contribution < -0.4 is 5.11 Å². The Hall–Kier alpha value is -1.58. The van der Waals surface area contributed by atoms with E-state index in [1.807, 2.05) is 0 Å². The highest BCUT2D eigenvalue weighted by Gasteiger charge is 1.97. The standard InChI is InChI=1S/C9H12O4/c1-7(2)13-9(12)6-4-3-5-8(10)11/h3-7H,1-2H3,(H,10,11)/p-1. The van der Waals surface area contributed by atoms with E-state index in [2.05, 4.69) is 0 Å². The Morgan fingerprint density at radius 1 is 1.23 bits per heavy atom. The van der Waals surface area contributed by atoms with Gasteiger partial charge in [-0.1, -0.05) is 12.2 Å². The molecule has 0 aromatic heterocycles. The first-order valence-electron chi connectivity index (χ1n) is 3.78. The van der Waals surface area contributed by atoms with Crippen LogP contribution in [0.4, 0.5) is 0 Å². The first-order valence-corrected chi connectivity index (χ1v) is 3.78. The summed E-state index contributed by atoms with van der Waals surface area (Å²) in [6, 6.07) is 0. The Balaban J connectivity index is 3.85. The second-order valence-corrected chi connectivity index (χ2v) is 2.52. The van der Waals surface area contributed by atoms with E-state index in [9.17, 15) is 14.7 Å². The van der Waals surface area contributed by atoms with Crippen molar-refractivity contribution in [2.24, 2.45) is 0 Å². The summed E-state index contributed by atoms with van der Waals surface area (Å²) in [5.74, 6) is -1.81. The molecule has 0 aromatic carbocycles. The number of carbonyl (C=O) groups is 2. The molecule has 0 saturated heterocycles. The second-order valence-electron chi connectivity index (χ2n) is 2.52. The van der Waals surface area contributed by atoms with E-state index in [-0.39, 0.29) is 6.10 Å². The predicted molar refractivity (Wildman–Crippen MR) is 44.5 cm³/mol. The summed E-state index contributed by atoms with van der Waals surface area (Å²) in [5.41, 5.74) is 0. The second kappa shape index (κ2) is 5.99. The lowest BCUT2D eigenvalue weighted by Crippen LogP contribution is -2.18. The van der Waals surface area contributed by atoms with Crippen molar-refractivity contribution in [3.63, 3.8) is 0 Å². The highest BCUT2D eigenvalue weighted by Crippen LogP contribution is 1.90.